The summed E-state index contributed by atoms with van der Waals surface area (Å²) in [6, 6.07) is 7.60. The van der Waals surface area contributed by atoms with E-state index < -0.39 is 0 Å². The molecule has 0 aliphatic heterocycles. The second-order valence-corrected chi connectivity index (χ2v) is 4.70. The quantitative estimate of drug-likeness (QED) is 0.411. The zero-order valence-corrected chi connectivity index (χ0v) is 13.5. The highest BCUT2D eigenvalue weighted by Gasteiger charge is 2.06. The normalized spacial score (nSPS) is 11.1. The van der Waals surface area contributed by atoms with Gasteiger partial charge < -0.3 is 15.4 Å². The zero-order chi connectivity index (χ0) is 16.5. The lowest BCUT2D eigenvalue weighted by molar-refractivity contribution is 0.415. The summed E-state index contributed by atoms with van der Waals surface area (Å²) in [7, 11) is 1.64. The number of rotatable bonds is 7. The molecule has 122 valence electrons. The van der Waals surface area contributed by atoms with E-state index in [9.17, 15) is 0 Å². The molecule has 1 heterocycles. The Balaban J connectivity index is 2.04. The number of methoxy groups -OCH3 is 1. The van der Waals surface area contributed by atoms with Crippen molar-refractivity contribution in [3.05, 3.63) is 42.7 Å². The van der Waals surface area contributed by atoms with Gasteiger partial charge in [-0.15, -0.1) is 6.58 Å². The summed E-state index contributed by atoms with van der Waals surface area (Å²) in [6.45, 7) is 7.55. The minimum absolute atomic E-state index is 0.412. The lowest BCUT2D eigenvalue weighted by atomic mass is 10.2. The second-order valence-electron chi connectivity index (χ2n) is 4.70. The van der Waals surface area contributed by atoms with Gasteiger partial charge in [-0.2, -0.15) is 5.10 Å². The van der Waals surface area contributed by atoms with Crippen LogP contribution in [0.15, 0.2) is 41.9 Å². The van der Waals surface area contributed by atoms with Gasteiger partial charge in [0.15, 0.2) is 11.8 Å². The number of guanidine groups is 1. The van der Waals surface area contributed by atoms with Crippen molar-refractivity contribution in [2.45, 2.75) is 13.5 Å². The van der Waals surface area contributed by atoms with Gasteiger partial charge in [-0.3, -0.25) is 5.10 Å². The molecule has 2 rings (SSSR count). The van der Waals surface area contributed by atoms with Crippen LogP contribution in [0.25, 0.3) is 11.4 Å². The summed E-state index contributed by atoms with van der Waals surface area (Å²) in [5, 5.41) is 13.4. The Morgan fingerprint density at radius 3 is 2.78 bits per heavy atom. The predicted molar refractivity (Wildman–Crippen MR) is 91.4 cm³/mol. The van der Waals surface area contributed by atoms with Gasteiger partial charge in [-0.1, -0.05) is 6.08 Å². The van der Waals surface area contributed by atoms with Crippen LogP contribution < -0.4 is 15.4 Å². The Morgan fingerprint density at radius 2 is 2.13 bits per heavy atom. The third-order valence-corrected chi connectivity index (χ3v) is 3.02. The molecule has 0 atom stereocenters. The van der Waals surface area contributed by atoms with Crippen LogP contribution in [-0.2, 0) is 6.54 Å². The minimum Gasteiger partial charge on any atom is -0.497 e. The number of aromatic nitrogens is 3. The van der Waals surface area contributed by atoms with Crippen LogP contribution in [-0.4, -0.2) is 41.3 Å². The van der Waals surface area contributed by atoms with Crippen molar-refractivity contribution in [1.82, 2.24) is 25.8 Å². The molecule has 0 bridgehead atoms. The maximum atomic E-state index is 5.14. The van der Waals surface area contributed by atoms with Gasteiger partial charge in [0.25, 0.3) is 0 Å². The van der Waals surface area contributed by atoms with Crippen molar-refractivity contribution in [1.29, 1.82) is 0 Å². The van der Waals surface area contributed by atoms with E-state index in [-0.39, 0.29) is 0 Å². The minimum atomic E-state index is 0.412. The number of ether oxygens (including phenoxy) is 1. The van der Waals surface area contributed by atoms with Crippen molar-refractivity contribution in [2.24, 2.45) is 4.99 Å². The number of hydrogen-bond acceptors (Lipinski definition) is 4. The molecule has 0 fully saturated rings. The standard InChI is InChI=1S/C16H22N6O/c1-4-10-18-16(17-5-2)19-11-14-20-15(22-21-14)12-6-8-13(23-3)9-7-12/h4,6-9H,1,5,10-11H2,2-3H3,(H2,17,18,19)(H,20,21,22). The van der Waals surface area contributed by atoms with Gasteiger partial charge in [-0.05, 0) is 31.2 Å². The molecule has 23 heavy (non-hydrogen) atoms. The van der Waals surface area contributed by atoms with Crippen molar-refractivity contribution < 1.29 is 4.74 Å². The molecular weight excluding hydrogens is 292 g/mol. The summed E-state index contributed by atoms with van der Waals surface area (Å²) >= 11 is 0. The van der Waals surface area contributed by atoms with Gasteiger partial charge in [-0.25, -0.2) is 9.98 Å². The average molecular weight is 314 g/mol. The van der Waals surface area contributed by atoms with Crippen molar-refractivity contribution in [3.63, 3.8) is 0 Å². The summed E-state index contributed by atoms with van der Waals surface area (Å²) in [4.78, 5) is 8.91. The molecule has 2 aromatic rings. The molecule has 0 aliphatic rings. The van der Waals surface area contributed by atoms with Gasteiger partial charge in [0.2, 0.25) is 0 Å². The molecule has 0 spiro atoms. The number of aromatic amines is 1. The average Bonchev–Trinajstić information content (AvgIpc) is 3.06. The Labute approximate surface area is 135 Å². The van der Waals surface area contributed by atoms with E-state index in [1.807, 2.05) is 31.2 Å². The van der Waals surface area contributed by atoms with Crippen molar-refractivity contribution in [2.75, 3.05) is 20.2 Å². The van der Waals surface area contributed by atoms with Crippen LogP contribution in [0.5, 0.6) is 5.75 Å². The predicted octanol–water partition coefficient (Wildman–Crippen LogP) is 1.72. The topological polar surface area (TPSA) is 87.2 Å². The molecule has 1 aromatic carbocycles. The van der Waals surface area contributed by atoms with Gasteiger partial charge in [0, 0.05) is 18.7 Å². The highest BCUT2D eigenvalue weighted by molar-refractivity contribution is 5.79. The van der Waals surface area contributed by atoms with E-state index in [1.54, 1.807) is 13.2 Å². The fraction of sp³-hybridized carbons (Fsp3) is 0.312. The highest BCUT2D eigenvalue weighted by Crippen LogP contribution is 2.18. The maximum Gasteiger partial charge on any atom is 0.191 e. The molecule has 0 radical (unpaired) electrons. The van der Waals surface area contributed by atoms with E-state index in [1.165, 1.54) is 0 Å². The van der Waals surface area contributed by atoms with Crippen molar-refractivity contribution in [3.8, 4) is 17.1 Å². The number of nitrogens with zero attached hydrogens (tertiary/aromatic N) is 3. The third-order valence-electron chi connectivity index (χ3n) is 3.02. The number of hydrogen-bond donors (Lipinski definition) is 3. The van der Waals surface area contributed by atoms with E-state index in [2.05, 4.69) is 37.4 Å². The van der Waals surface area contributed by atoms with Gasteiger partial charge >= 0.3 is 0 Å². The molecule has 0 saturated carbocycles. The number of benzene rings is 1. The highest BCUT2D eigenvalue weighted by atomic mass is 16.5. The first-order chi connectivity index (χ1) is 11.3. The zero-order valence-electron chi connectivity index (χ0n) is 13.5. The lowest BCUT2D eigenvalue weighted by Gasteiger charge is -2.08. The first kappa shape index (κ1) is 16.5. The first-order valence-corrected chi connectivity index (χ1v) is 7.45. The van der Waals surface area contributed by atoms with Gasteiger partial charge in [0.05, 0.1) is 7.11 Å². The second kappa shape index (κ2) is 8.57. The van der Waals surface area contributed by atoms with Crippen molar-refractivity contribution >= 4 is 5.96 Å². The first-order valence-electron chi connectivity index (χ1n) is 7.45. The Hall–Kier alpha value is -2.83. The smallest absolute Gasteiger partial charge is 0.191 e. The fourth-order valence-corrected chi connectivity index (χ4v) is 1.90. The van der Waals surface area contributed by atoms with Gasteiger partial charge in [0.1, 0.15) is 18.1 Å². The maximum absolute atomic E-state index is 5.14. The molecular formula is C16H22N6O. The summed E-state index contributed by atoms with van der Waals surface area (Å²) in [6.07, 6.45) is 1.78. The SMILES string of the molecule is C=CCNC(=NCc1nc(-c2ccc(OC)cc2)n[nH]1)NCC. The molecule has 0 unspecified atom stereocenters. The largest absolute Gasteiger partial charge is 0.497 e. The molecule has 7 heteroatoms. The summed E-state index contributed by atoms with van der Waals surface area (Å²) < 4.78 is 5.14. The molecule has 1 aromatic heterocycles. The Bertz CT molecular complexity index is 647. The van der Waals surface area contributed by atoms with E-state index >= 15 is 0 Å². The molecule has 3 N–H and O–H groups in total. The number of aliphatic imine (C=N–C) groups is 1. The van der Waals surface area contributed by atoms with Crippen LogP contribution in [0.2, 0.25) is 0 Å². The van der Waals surface area contributed by atoms with E-state index in [0.29, 0.717) is 24.7 Å². The monoisotopic (exact) mass is 314 g/mol. The van der Waals surface area contributed by atoms with E-state index in [4.69, 9.17) is 4.74 Å². The third kappa shape index (κ3) is 4.84. The molecule has 0 saturated heterocycles. The summed E-state index contributed by atoms with van der Waals surface area (Å²) in [5.41, 5.74) is 0.925. The van der Waals surface area contributed by atoms with Crippen LogP contribution in [0, 0.1) is 0 Å². The molecule has 7 nitrogen and oxygen atoms in total. The number of nitrogens with one attached hydrogen (secondary N) is 3. The summed E-state index contributed by atoms with van der Waals surface area (Å²) in [5.74, 6) is 2.86. The fourth-order valence-electron chi connectivity index (χ4n) is 1.90. The number of H-pyrrole nitrogens is 1. The molecule has 0 amide bonds. The lowest BCUT2D eigenvalue weighted by Crippen LogP contribution is -2.37. The van der Waals surface area contributed by atoms with Crippen LogP contribution in [0.1, 0.15) is 12.7 Å². The Kier molecular flexibility index (Phi) is 6.17. The van der Waals surface area contributed by atoms with E-state index in [0.717, 1.165) is 23.8 Å². The van der Waals surface area contributed by atoms with Crippen LogP contribution in [0.3, 0.4) is 0 Å². The van der Waals surface area contributed by atoms with Crippen LogP contribution >= 0.6 is 0 Å². The molecule has 0 aliphatic carbocycles. The van der Waals surface area contributed by atoms with Crippen LogP contribution in [0.4, 0.5) is 0 Å². The Morgan fingerprint density at radius 1 is 1.35 bits per heavy atom.